The first-order valence-electron chi connectivity index (χ1n) is 11.2. The van der Waals surface area contributed by atoms with Crippen LogP contribution in [0.15, 0.2) is 36.9 Å². The zero-order chi connectivity index (χ0) is 25.4. The molecule has 0 spiro atoms. The van der Waals surface area contributed by atoms with Gasteiger partial charge in [-0.25, -0.2) is 19.3 Å². The predicted octanol–water partition coefficient (Wildman–Crippen LogP) is 4.24. The highest BCUT2D eigenvalue weighted by Gasteiger charge is 2.41. The van der Waals surface area contributed by atoms with Crippen molar-refractivity contribution in [1.82, 2.24) is 29.6 Å². The van der Waals surface area contributed by atoms with Gasteiger partial charge >= 0.3 is 12.0 Å². The number of H-pyrrole nitrogens is 1. The van der Waals surface area contributed by atoms with Crippen molar-refractivity contribution in [2.24, 2.45) is 0 Å². The second-order valence-electron chi connectivity index (χ2n) is 8.43. The van der Waals surface area contributed by atoms with E-state index < -0.39 is 23.5 Å². The number of hydrogen-bond donors (Lipinski definition) is 1. The van der Waals surface area contributed by atoms with Crippen molar-refractivity contribution < 1.29 is 27.0 Å². The fourth-order valence-electron chi connectivity index (χ4n) is 4.34. The summed E-state index contributed by atoms with van der Waals surface area (Å²) in [5, 5.41) is 3.11. The van der Waals surface area contributed by atoms with Gasteiger partial charge in [0.25, 0.3) is 11.7 Å². The van der Waals surface area contributed by atoms with Crippen LogP contribution in [-0.2, 0) is 12.7 Å². The molecule has 1 N–H and O–H groups in total. The monoisotopic (exact) mass is 500 g/mol. The summed E-state index contributed by atoms with van der Waals surface area (Å²) in [7, 11) is 1.49. The molecule has 4 aromatic rings. The van der Waals surface area contributed by atoms with Crippen LogP contribution in [0.2, 0.25) is 0 Å². The third-order valence-electron chi connectivity index (χ3n) is 5.95. The summed E-state index contributed by atoms with van der Waals surface area (Å²) < 4.78 is 63.3. The molecule has 1 atom stereocenters. The molecular weight excluding hydrogens is 478 g/mol. The van der Waals surface area contributed by atoms with Crippen LogP contribution >= 0.6 is 0 Å². The Bertz CT molecular complexity index is 1440. The van der Waals surface area contributed by atoms with E-state index in [1.54, 1.807) is 40.1 Å². The Morgan fingerprint density at radius 2 is 2.03 bits per heavy atom. The molecule has 0 amide bonds. The molecule has 186 valence electrons. The van der Waals surface area contributed by atoms with Gasteiger partial charge in [-0.1, -0.05) is 6.07 Å². The Morgan fingerprint density at radius 3 is 2.75 bits per heavy atom. The average Bonchev–Trinajstić information content (AvgIpc) is 3.47. The molecule has 5 rings (SSSR count). The van der Waals surface area contributed by atoms with Crippen molar-refractivity contribution in [2.75, 3.05) is 7.11 Å². The summed E-state index contributed by atoms with van der Waals surface area (Å²) in [5.74, 6) is 0.161. The number of aromatic amines is 1. The Kier molecular flexibility index (Phi) is 6.02. The number of nitrogens with one attached hydrogen (secondary N) is 1. The summed E-state index contributed by atoms with van der Waals surface area (Å²) in [6.45, 7) is 2.45. The lowest BCUT2D eigenvalue weighted by Gasteiger charge is -2.21. The molecule has 36 heavy (non-hydrogen) atoms. The lowest BCUT2D eigenvalue weighted by atomic mass is 9.87. The predicted molar refractivity (Wildman–Crippen MR) is 121 cm³/mol. The molecule has 0 unspecified atom stereocenters. The number of ether oxygens (including phenoxy) is 1. The van der Waals surface area contributed by atoms with Crippen LogP contribution in [-0.4, -0.2) is 36.7 Å². The molecule has 12 heteroatoms. The van der Waals surface area contributed by atoms with Gasteiger partial charge in [0.15, 0.2) is 0 Å². The highest BCUT2D eigenvalue weighted by atomic mass is 19.4. The maximum absolute atomic E-state index is 13.6. The van der Waals surface area contributed by atoms with Crippen LogP contribution < -0.4 is 9.42 Å². The van der Waals surface area contributed by atoms with Crippen LogP contribution in [0, 0.1) is 12.7 Å². The lowest BCUT2D eigenvalue weighted by molar-refractivity contribution is -0.763. The van der Waals surface area contributed by atoms with Gasteiger partial charge in [0.05, 0.1) is 36.2 Å². The molecule has 1 aliphatic heterocycles. The number of nitrogens with zero attached hydrogens (tertiary/aromatic N) is 6. The number of fused-ring (bicyclic) bond motifs is 1. The fourth-order valence-corrected chi connectivity index (χ4v) is 4.34. The number of benzene rings is 1. The van der Waals surface area contributed by atoms with Gasteiger partial charge < -0.3 is 4.74 Å². The molecule has 1 aliphatic rings. The molecule has 0 saturated carbocycles. The van der Waals surface area contributed by atoms with Gasteiger partial charge in [0, 0.05) is 12.3 Å². The van der Waals surface area contributed by atoms with E-state index in [-0.39, 0.29) is 5.56 Å². The maximum Gasteiger partial charge on any atom is 0.416 e. The van der Waals surface area contributed by atoms with Crippen LogP contribution in [0.25, 0.3) is 18.0 Å². The summed E-state index contributed by atoms with van der Waals surface area (Å²) in [6.07, 6.45) is 4.78. The van der Waals surface area contributed by atoms with E-state index in [2.05, 4.69) is 25.0 Å². The molecule has 8 nitrogen and oxygen atoms in total. The van der Waals surface area contributed by atoms with Crippen molar-refractivity contribution in [3.8, 4) is 11.7 Å². The molecule has 1 aromatic carbocycles. The second kappa shape index (κ2) is 9.17. The third-order valence-corrected chi connectivity index (χ3v) is 5.95. The number of methoxy groups -OCH3 is 1. The average molecular weight is 500 g/mol. The number of aryl methyl sites for hydroxylation is 2. The SMILES string of the molecule is COc1nc(C=Cc2nc3[n+]([nH]2)CCC[C@H]3c2ccc(F)cc2C(F)(F)F)cnc1-n1cnc(C)c1. The third kappa shape index (κ3) is 4.58. The van der Waals surface area contributed by atoms with Crippen molar-refractivity contribution in [2.45, 2.75) is 38.4 Å². The van der Waals surface area contributed by atoms with Gasteiger partial charge in [0.1, 0.15) is 18.7 Å². The topological polar surface area (TPSA) is 85.4 Å². The van der Waals surface area contributed by atoms with Gasteiger partial charge in [-0.3, -0.25) is 4.57 Å². The Hall–Kier alpha value is -4.09. The van der Waals surface area contributed by atoms with E-state index in [4.69, 9.17) is 4.74 Å². The quantitative estimate of drug-likeness (QED) is 0.327. The van der Waals surface area contributed by atoms with Crippen molar-refractivity contribution >= 4 is 12.2 Å². The van der Waals surface area contributed by atoms with Crippen LogP contribution in [0.4, 0.5) is 17.6 Å². The lowest BCUT2D eigenvalue weighted by Crippen LogP contribution is -2.44. The van der Waals surface area contributed by atoms with Crippen molar-refractivity contribution in [3.05, 3.63) is 76.9 Å². The number of hydrogen-bond acceptors (Lipinski definition) is 5. The summed E-state index contributed by atoms with van der Waals surface area (Å²) in [5.41, 5.74) is 0.363. The minimum absolute atomic E-state index is 0.0142. The van der Waals surface area contributed by atoms with E-state index in [0.29, 0.717) is 54.5 Å². The molecule has 4 heterocycles. The number of halogens is 4. The maximum atomic E-state index is 13.6. The van der Waals surface area contributed by atoms with E-state index >= 15 is 0 Å². The van der Waals surface area contributed by atoms with Gasteiger partial charge in [-0.2, -0.15) is 23.0 Å². The zero-order valence-electron chi connectivity index (χ0n) is 19.4. The first kappa shape index (κ1) is 23.6. The van der Waals surface area contributed by atoms with Crippen LogP contribution in [0.3, 0.4) is 0 Å². The number of alkyl halides is 3. The molecule has 0 fully saturated rings. The summed E-state index contributed by atoms with van der Waals surface area (Å²) in [6, 6.07) is 2.80. The van der Waals surface area contributed by atoms with Gasteiger partial charge in [-0.05, 0) is 48.5 Å². The first-order chi connectivity index (χ1) is 17.2. The first-order valence-corrected chi connectivity index (χ1v) is 11.2. The zero-order valence-corrected chi connectivity index (χ0v) is 19.4. The molecule has 0 aliphatic carbocycles. The Balaban J connectivity index is 1.44. The highest BCUT2D eigenvalue weighted by Crippen LogP contribution is 2.39. The fraction of sp³-hybridized carbons (Fsp3) is 0.292. The normalized spacial score (nSPS) is 15.9. The summed E-state index contributed by atoms with van der Waals surface area (Å²) in [4.78, 5) is 17.6. The smallest absolute Gasteiger partial charge is 0.416 e. The molecule has 0 saturated heterocycles. The van der Waals surface area contributed by atoms with Crippen LogP contribution in [0.5, 0.6) is 5.88 Å². The molecule has 0 radical (unpaired) electrons. The molecule has 0 bridgehead atoms. The van der Waals surface area contributed by atoms with E-state index in [0.717, 1.165) is 11.8 Å². The standard InChI is InChI=1S/C24H21F4N7O/c1-14-12-34(13-30-14)22-23(36-2)31-16(11-29-22)6-8-20-32-21-18(4-3-9-35(21)33-20)17-7-5-15(25)10-19(17)24(26,27)28/h5-8,10-13,18H,3-4,9H2,1-2H3/p+1/t18-/m0/s1. The van der Waals surface area contributed by atoms with E-state index in [1.165, 1.54) is 13.2 Å². The number of imidazole rings is 1. The number of aromatic nitrogens is 7. The highest BCUT2D eigenvalue weighted by molar-refractivity contribution is 5.64. The minimum Gasteiger partial charge on any atom is -0.478 e. The van der Waals surface area contributed by atoms with Crippen molar-refractivity contribution in [1.29, 1.82) is 0 Å². The Morgan fingerprint density at radius 1 is 1.19 bits per heavy atom. The Labute approximate surface area is 203 Å². The second-order valence-corrected chi connectivity index (χ2v) is 8.43. The largest absolute Gasteiger partial charge is 0.478 e. The van der Waals surface area contributed by atoms with E-state index in [9.17, 15) is 17.6 Å². The summed E-state index contributed by atoms with van der Waals surface area (Å²) >= 11 is 0. The van der Waals surface area contributed by atoms with Crippen molar-refractivity contribution in [3.63, 3.8) is 0 Å². The molecule has 3 aromatic heterocycles. The minimum atomic E-state index is -4.67. The van der Waals surface area contributed by atoms with E-state index in [1.807, 2.05) is 6.92 Å². The number of rotatable bonds is 5. The van der Waals surface area contributed by atoms with Gasteiger partial charge in [0.2, 0.25) is 5.82 Å². The van der Waals surface area contributed by atoms with Gasteiger partial charge in [-0.15, -0.1) is 0 Å². The van der Waals surface area contributed by atoms with Crippen LogP contribution in [0.1, 0.15) is 52.9 Å². The molecular formula is C24H22F4N7O+.